The van der Waals surface area contributed by atoms with Crippen LogP contribution in [0, 0.1) is 0 Å². The van der Waals surface area contributed by atoms with Crippen molar-refractivity contribution in [3.8, 4) is 0 Å². The number of thiophene rings is 1. The van der Waals surface area contributed by atoms with E-state index in [1.165, 1.54) is 11.3 Å². The average Bonchev–Trinajstić information content (AvgIpc) is 2.91. The highest BCUT2D eigenvalue weighted by molar-refractivity contribution is 7.18. The molecule has 1 aliphatic heterocycles. The molecule has 2 aromatic heterocycles. The van der Waals surface area contributed by atoms with Gasteiger partial charge >= 0.3 is 5.97 Å². The second-order valence-corrected chi connectivity index (χ2v) is 6.58. The summed E-state index contributed by atoms with van der Waals surface area (Å²) in [5.41, 5.74) is 14.5. The first-order valence-electron chi connectivity index (χ1n) is 7.72. The summed E-state index contributed by atoms with van der Waals surface area (Å²) in [5.74, 6) is -1.51. The molecule has 0 bridgehead atoms. The second-order valence-electron chi connectivity index (χ2n) is 5.56. The quantitative estimate of drug-likeness (QED) is 0.721. The summed E-state index contributed by atoms with van der Waals surface area (Å²) in [7, 11) is 0. The summed E-state index contributed by atoms with van der Waals surface area (Å²) >= 11 is 1.18. The highest BCUT2D eigenvalue weighted by Crippen LogP contribution is 2.49. The van der Waals surface area contributed by atoms with E-state index in [1.807, 2.05) is 6.07 Å². The van der Waals surface area contributed by atoms with Crippen molar-refractivity contribution in [3.05, 3.63) is 51.8 Å². The zero-order valence-corrected chi connectivity index (χ0v) is 14.6. The number of carbonyl (C=O) groups is 2. The molecule has 25 heavy (non-hydrogen) atoms. The van der Waals surface area contributed by atoms with Crippen molar-refractivity contribution in [1.29, 1.82) is 0 Å². The monoisotopic (exact) mass is 358 g/mol. The predicted octanol–water partition coefficient (Wildman–Crippen LogP) is 2.22. The van der Waals surface area contributed by atoms with Crippen LogP contribution in [0.4, 0.5) is 10.7 Å². The van der Waals surface area contributed by atoms with Crippen LogP contribution in [0.1, 0.15) is 40.6 Å². The third kappa shape index (κ3) is 2.85. The lowest BCUT2D eigenvalue weighted by Crippen LogP contribution is -2.24. The average molecular weight is 358 g/mol. The minimum absolute atomic E-state index is 0.258. The maximum absolute atomic E-state index is 12.6. The molecular formula is C17H18N4O3S. The van der Waals surface area contributed by atoms with Crippen molar-refractivity contribution in [2.24, 2.45) is 5.73 Å². The number of primary amides is 1. The van der Waals surface area contributed by atoms with Crippen molar-refractivity contribution in [1.82, 2.24) is 4.98 Å². The van der Waals surface area contributed by atoms with Gasteiger partial charge in [0.1, 0.15) is 4.88 Å². The molecule has 0 radical (unpaired) electrons. The minimum Gasteiger partial charge on any atom is -0.463 e. The van der Waals surface area contributed by atoms with Gasteiger partial charge < -0.3 is 21.5 Å². The van der Waals surface area contributed by atoms with Crippen molar-refractivity contribution < 1.29 is 14.3 Å². The Morgan fingerprint density at radius 3 is 2.80 bits per heavy atom. The van der Waals surface area contributed by atoms with Crippen LogP contribution in [0.25, 0.3) is 0 Å². The Hall–Kier alpha value is -2.87. The van der Waals surface area contributed by atoms with E-state index in [-0.39, 0.29) is 17.2 Å². The third-order valence-electron chi connectivity index (χ3n) is 4.00. The van der Waals surface area contributed by atoms with Gasteiger partial charge in [-0.05, 0) is 25.5 Å². The maximum atomic E-state index is 12.6. The highest BCUT2D eigenvalue weighted by atomic mass is 32.1. The number of anilines is 2. The van der Waals surface area contributed by atoms with E-state index in [0.29, 0.717) is 21.8 Å². The molecule has 0 spiro atoms. The van der Waals surface area contributed by atoms with Gasteiger partial charge in [-0.3, -0.25) is 9.78 Å². The Kier molecular flexibility index (Phi) is 4.45. The normalized spacial score (nSPS) is 16.2. The number of rotatable bonds is 4. The molecule has 5 N–H and O–H groups in total. The van der Waals surface area contributed by atoms with E-state index in [0.717, 1.165) is 5.56 Å². The Morgan fingerprint density at radius 1 is 1.44 bits per heavy atom. The van der Waals surface area contributed by atoms with Crippen LogP contribution in [0.15, 0.2) is 35.8 Å². The zero-order valence-electron chi connectivity index (χ0n) is 13.8. The van der Waals surface area contributed by atoms with Crippen LogP contribution in [0.3, 0.4) is 0 Å². The molecule has 1 unspecified atom stereocenters. The van der Waals surface area contributed by atoms with Gasteiger partial charge in [0.15, 0.2) is 0 Å². The third-order valence-corrected chi connectivity index (χ3v) is 5.15. The number of allylic oxidation sites excluding steroid dienone is 1. The molecule has 0 saturated carbocycles. The lowest BCUT2D eigenvalue weighted by molar-refractivity contribution is -0.138. The fourth-order valence-corrected chi connectivity index (χ4v) is 4.04. The number of fused-ring (bicyclic) bond motifs is 1. The first kappa shape index (κ1) is 17.0. The van der Waals surface area contributed by atoms with E-state index in [9.17, 15) is 9.59 Å². The van der Waals surface area contributed by atoms with E-state index in [2.05, 4.69) is 10.3 Å². The fraction of sp³-hybridized carbons (Fsp3) is 0.235. The molecular weight excluding hydrogens is 340 g/mol. The molecule has 3 heterocycles. The molecule has 130 valence electrons. The molecule has 0 saturated heterocycles. The molecule has 7 nitrogen and oxygen atoms in total. The zero-order chi connectivity index (χ0) is 18.1. The van der Waals surface area contributed by atoms with Crippen molar-refractivity contribution in [3.63, 3.8) is 0 Å². The number of pyridine rings is 1. The van der Waals surface area contributed by atoms with Crippen molar-refractivity contribution in [2.45, 2.75) is 19.8 Å². The second kappa shape index (κ2) is 6.56. The lowest BCUT2D eigenvalue weighted by Gasteiger charge is -2.28. The summed E-state index contributed by atoms with van der Waals surface area (Å²) in [6.07, 6.45) is 3.32. The van der Waals surface area contributed by atoms with Gasteiger partial charge in [0, 0.05) is 29.6 Å². The molecule has 8 heteroatoms. The van der Waals surface area contributed by atoms with Crippen LogP contribution in [0.2, 0.25) is 0 Å². The number of hydrogen-bond acceptors (Lipinski definition) is 7. The van der Waals surface area contributed by atoms with Crippen LogP contribution in [-0.4, -0.2) is 23.5 Å². The van der Waals surface area contributed by atoms with E-state index in [4.69, 9.17) is 16.2 Å². The number of nitrogens with zero attached hydrogens (tertiary/aromatic N) is 1. The maximum Gasteiger partial charge on any atom is 0.336 e. The van der Waals surface area contributed by atoms with Crippen LogP contribution in [0.5, 0.6) is 0 Å². The van der Waals surface area contributed by atoms with Crippen LogP contribution < -0.4 is 16.8 Å². The number of ether oxygens (including phenoxy) is 1. The number of amides is 1. The van der Waals surface area contributed by atoms with Crippen molar-refractivity contribution in [2.75, 3.05) is 17.7 Å². The predicted molar refractivity (Wildman–Crippen MR) is 96.3 cm³/mol. The Labute approximate surface area is 148 Å². The number of hydrogen-bond donors (Lipinski definition) is 3. The molecule has 2 aromatic rings. The number of aromatic nitrogens is 1. The number of nitrogen functional groups attached to an aromatic ring is 1. The number of nitrogens with two attached hydrogens (primary N) is 2. The minimum atomic E-state index is -0.598. The summed E-state index contributed by atoms with van der Waals surface area (Å²) in [6, 6.07) is 3.65. The molecule has 3 rings (SSSR count). The van der Waals surface area contributed by atoms with Gasteiger partial charge in [-0.1, -0.05) is 6.07 Å². The largest absolute Gasteiger partial charge is 0.463 e. The van der Waals surface area contributed by atoms with Crippen molar-refractivity contribution >= 4 is 33.9 Å². The standard InChI is InChI=1S/C17H18N4O3S/c1-3-24-17(23)10-8(2)21-16-12(13(18)14(25-16)15(19)22)11(10)9-5-4-6-20-7-9/h4-7,11,21H,3,18H2,1-2H3,(H2,19,22). The molecule has 1 atom stereocenters. The lowest BCUT2D eigenvalue weighted by atomic mass is 9.82. The van der Waals surface area contributed by atoms with Gasteiger partial charge in [0.05, 0.1) is 22.9 Å². The first-order valence-corrected chi connectivity index (χ1v) is 8.54. The molecule has 0 aliphatic carbocycles. The van der Waals surface area contributed by atoms with E-state index >= 15 is 0 Å². The first-order chi connectivity index (χ1) is 12.0. The smallest absolute Gasteiger partial charge is 0.336 e. The molecule has 1 amide bonds. The highest BCUT2D eigenvalue weighted by Gasteiger charge is 2.37. The summed E-state index contributed by atoms with van der Waals surface area (Å²) in [6.45, 7) is 3.80. The van der Waals surface area contributed by atoms with Gasteiger partial charge in [0.2, 0.25) is 0 Å². The van der Waals surface area contributed by atoms with Gasteiger partial charge in [-0.25, -0.2) is 4.79 Å². The Balaban J connectivity index is 2.24. The SMILES string of the molecule is CCOC(=O)C1=C(C)Nc2sc(C(N)=O)c(N)c2C1c1cccnc1. The van der Waals surface area contributed by atoms with Gasteiger partial charge in [0.25, 0.3) is 5.91 Å². The van der Waals surface area contributed by atoms with E-state index < -0.39 is 17.8 Å². The van der Waals surface area contributed by atoms with Gasteiger partial charge in [-0.2, -0.15) is 0 Å². The molecule has 1 aliphatic rings. The summed E-state index contributed by atoms with van der Waals surface area (Å²) in [5, 5.41) is 3.85. The fourth-order valence-electron chi connectivity index (χ4n) is 2.98. The summed E-state index contributed by atoms with van der Waals surface area (Å²) in [4.78, 5) is 28.7. The Morgan fingerprint density at radius 2 is 2.20 bits per heavy atom. The Bertz CT molecular complexity index is 874. The van der Waals surface area contributed by atoms with Crippen LogP contribution in [-0.2, 0) is 9.53 Å². The number of carbonyl (C=O) groups excluding carboxylic acids is 2. The topological polar surface area (TPSA) is 120 Å². The summed E-state index contributed by atoms with van der Waals surface area (Å²) < 4.78 is 5.23. The number of nitrogens with one attached hydrogen (secondary N) is 1. The number of esters is 1. The molecule has 0 aromatic carbocycles. The van der Waals surface area contributed by atoms with E-state index in [1.54, 1.807) is 32.3 Å². The van der Waals surface area contributed by atoms with Crippen LogP contribution >= 0.6 is 11.3 Å². The molecule has 0 fully saturated rings. The van der Waals surface area contributed by atoms with Gasteiger partial charge in [-0.15, -0.1) is 11.3 Å².